The van der Waals surface area contributed by atoms with Gasteiger partial charge < -0.3 is 19.7 Å². The zero-order valence-corrected chi connectivity index (χ0v) is 5.81. The fraction of sp³-hybridized carbons (Fsp3) is 0. The number of carboxylic acid groups (broad SMARTS) is 2. The van der Waals surface area contributed by atoms with Gasteiger partial charge in [0.2, 0.25) is 0 Å². The SMILES string of the molecule is O=C([O-])[O-].[F-].[Nd+3]. The molecule has 0 aliphatic heterocycles. The first kappa shape index (κ1) is 16.0. The Morgan fingerprint density at radius 1 is 1.33 bits per heavy atom. The van der Waals surface area contributed by atoms with E-state index in [2.05, 4.69) is 0 Å². The molecule has 0 unspecified atom stereocenters. The second kappa shape index (κ2) is 9.12. The fourth-order valence-corrected chi connectivity index (χ4v) is 0. The minimum absolute atomic E-state index is 0. The first-order chi connectivity index (χ1) is 1.73. The van der Waals surface area contributed by atoms with Gasteiger partial charge in [-0.2, -0.15) is 0 Å². The Morgan fingerprint density at radius 2 is 1.33 bits per heavy atom. The van der Waals surface area contributed by atoms with Gasteiger partial charge in [0.05, 0.1) is 0 Å². The molecule has 0 heterocycles. The van der Waals surface area contributed by atoms with Gasteiger partial charge in [-0.1, -0.05) is 0 Å². The molecule has 3 nitrogen and oxygen atoms in total. The van der Waals surface area contributed by atoms with Crippen LogP contribution in [0.3, 0.4) is 0 Å². The van der Waals surface area contributed by atoms with Crippen molar-refractivity contribution < 1.29 is 60.6 Å². The standard InChI is InChI=1S/CH2O3.FH.Nd/c2-1(3)4;;/h(H2,2,3,4);1H;/q;;+3/p-3. The van der Waals surface area contributed by atoms with E-state index >= 15 is 0 Å². The molecule has 0 aromatic rings. The summed E-state index contributed by atoms with van der Waals surface area (Å²) >= 11 is 0. The molecule has 5 heteroatoms. The maximum atomic E-state index is 8.33. The molecule has 1 radical (unpaired) electrons. The van der Waals surface area contributed by atoms with Crippen LogP contribution in [-0.2, 0) is 0 Å². The molecule has 0 amide bonds. The summed E-state index contributed by atoms with van der Waals surface area (Å²) in [5, 5.41) is 16.7. The van der Waals surface area contributed by atoms with E-state index in [1.54, 1.807) is 0 Å². The van der Waals surface area contributed by atoms with Crippen LogP contribution >= 0.6 is 0 Å². The minimum atomic E-state index is -2.33. The molecular formula is CFNdO3. The normalized spacial score (nSPS) is 4.00. The molecule has 0 fully saturated rings. The van der Waals surface area contributed by atoms with Gasteiger partial charge in [-0.3, -0.25) is 0 Å². The van der Waals surface area contributed by atoms with Gasteiger partial charge in [0.25, 0.3) is 0 Å². The average Bonchev–Trinajstić information content (AvgIpc) is 0.811. The van der Waals surface area contributed by atoms with Crippen LogP contribution in [0.2, 0.25) is 0 Å². The van der Waals surface area contributed by atoms with Crippen LogP contribution in [0.5, 0.6) is 0 Å². The molecule has 0 aromatic heterocycles. The van der Waals surface area contributed by atoms with Crippen LogP contribution in [0, 0.1) is 40.8 Å². The van der Waals surface area contributed by atoms with Crippen molar-refractivity contribution in [3.05, 3.63) is 0 Å². The number of carbonyl (C=O) groups is 1. The van der Waals surface area contributed by atoms with Crippen LogP contribution < -0.4 is 14.9 Å². The summed E-state index contributed by atoms with van der Waals surface area (Å²) in [6.45, 7) is 0. The molecule has 0 rings (SSSR count). The topological polar surface area (TPSA) is 63.2 Å². The van der Waals surface area contributed by atoms with Gasteiger partial charge in [-0.05, 0) is 6.16 Å². The molecular weight excluding hydrogens is 223 g/mol. The summed E-state index contributed by atoms with van der Waals surface area (Å²) in [6.07, 6.45) is -2.33. The third kappa shape index (κ3) is 189. The van der Waals surface area contributed by atoms with Gasteiger partial charge in [-0.25, -0.2) is 0 Å². The van der Waals surface area contributed by atoms with Crippen LogP contribution in [0.1, 0.15) is 0 Å². The smallest absolute Gasteiger partial charge is 1.00 e. The second-order valence-corrected chi connectivity index (χ2v) is 0.250. The van der Waals surface area contributed by atoms with Crippen molar-refractivity contribution in [1.82, 2.24) is 0 Å². The Kier molecular flexibility index (Phi) is 24.3. The van der Waals surface area contributed by atoms with Crippen molar-refractivity contribution in [2.24, 2.45) is 0 Å². The number of halogens is 1. The Morgan fingerprint density at radius 3 is 1.33 bits per heavy atom. The average molecular weight is 223 g/mol. The molecule has 0 atom stereocenters. The molecule has 0 saturated heterocycles. The van der Waals surface area contributed by atoms with Crippen LogP contribution in [0.25, 0.3) is 0 Å². The van der Waals surface area contributed by atoms with E-state index in [1.165, 1.54) is 0 Å². The molecule has 0 aliphatic carbocycles. The predicted octanol–water partition coefficient (Wildman–Crippen LogP) is -5.44. The van der Waals surface area contributed by atoms with E-state index in [1.807, 2.05) is 0 Å². The summed E-state index contributed by atoms with van der Waals surface area (Å²) in [4.78, 5) is 8.33. The fourth-order valence-electron chi connectivity index (χ4n) is 0. The first-order valence-electron chi connectivity index (χ1n) is 0.612. The number of carbonyl (C=O) groups excluding carboxylic acids is 1. The van der Waals surface area contributed by atoms with Crippen LogP contribution in [-0.4, -0.2) is 6.16 Å². The summed E-state index contributed by atoms with van der Waals surface area (Å²) in [5.74, 6) is 0. The van der Waals surface area contributed by atoms with Gasteiger partial charge >= 0.3 is 40.8 Å². The van der Waals surface area contributed by atoms with Crippen LogP contribution in [0.4, 0.5) is 4.79 Å². The Balaban J connectivity index is -0.0000000450. The van der Waals surface area contributed by atoms with E-state index in [0.717, 1.165) is 0 Å². The third-order valence-corrected chi connectivity index (χ3v) is 0. The first-order valence-corrected chi connectivity index (χ1v) is 0.612. The molecule has 6 heavy (non-hydrogen) atoms. The van der Waals surface area contributed by atoms with Gasteiger partial charge in [0, 0.05) is 0 Å². The summed E-state index contributed by atoms with van der Waals surface area (Å²) in [6, 6.07) is 0. The molecule has 0 aliphatic rings. The molecule has 0 saturated carbocycles. The van der Waals surface area contributed by atoms with Crippen molar-refractivity contribution in [2.45, 2.75) is 0 Å². The minimum Gasteiger partial charge on any atom is -1.00 e. The molecule has 33 valence electrons. The summed E-state index contributed by atoms with van der Waals surface area (Å²) in [5.41, 5.74) is 0. The van der Waals surface area contributed by atoms with E-state index in [4.69, 9.17) is 15.0 Å². The van der Waals surface area contributed by atoms with Crippen molar-refractivity contribution in [1.29, 1.82) is 0 Å². The Hall–Kier alpha value is 0.551. The number of hydrogen-bond acceptors (Lipinski definition) is 3. The second-order valence-electron chi connectivity index (χ2n) is 0.250. The molecule has 0 aromatic carbocycles. The quantitative estimate of drug-likeness (QED) is 0.412. The van der Waals surface area contributed by atoms with Crippen molar-refractivity contribution in [3.63, 3.8) is 0 Å². The molecule has 0 spiro atoms. The van der Waals surface area contributed by atoms with E-state index in [0.29, 0.717) is 0 Å². The van der Waals surface area contributed by atoms with Crippen molar-refractivity contribution in [2.75, 3.05) is 0 Å². The number of hydrogen-bond donors (Lipinski definition) is 0. The molecule has 0 bridgehead atoms. The van der Waals surface area contributed by atoms with Gasteiger partial charge in [-0.15, -0.1) is 0 Å². The predicted molar refractivity (Wildman–Crippen MR) is 5.40 cm³/mol. The van der Waals surface area contributed by atoms with E-state index in [-0.39, 0.29) is 45.5 Å². The zero-order valence-electron chi connectivity index (χ0n) is 2.60. The monoisotopic (exact) mass is 221 g/mol. The van der Waals surface area contributed by atoms with Crippen molar-refractivity contribution >= 4 is 6.16 Å². The molecule has 0 N–H and O–H groups in total. The third-order valence-electron chi connectivity index (χ3n) is 0. The van der Waals surface area contributed by atoms with Gasteiger partial charge in [0.1, 0.15) is 0 Å². The summed E-state index contributed by atoms with van der Waals surface area (Å²) < 4.78 is 0. The van der Waals surface area contributed by atoms with Crippen molar-refractivity contribution in [3.8, 4) is 0 Å². The van der Waals surface area contributed by atoms with E-state index in [9.17, 15) is 0 Å². The Labute approximate surface area is 66.2 Å². The summed E-state index contributed by atoms with van der Waals surface area (Å²) in [7, 11) is 0. The largest absolute Gasteiger partial charge is 3.00 e. The van der Waals surface area contributed by atoms with E-state index < -0.39 is 6.16 Å². The maximum absolute atomic E-state index is 8.33. The van der Waals surface area contributed by atoms with Crippen LogP contribution in [0.15, 0.2) is 0 Å². The maximum Gasteiger partial charge on any atom is 3.00 e. The number of rotatable bonds is 0. The Bertz CT molecular complexity index is 33.8. The van der Waals surface area contributed by atoms with Gasteiger partial charge in [0.15, 0.2) is 0 Å². The zero-order chi connectivity index (χ0) is 3.58.